The minimum absolute atomic E-state index is 0.186. The Kier molecular flexibility index (Phi) is 7.93. The van der Waals surface area contributed by atoms with Crippen LogP contribution in [0.5, 0.6) is 0 Å². The number of anilines is 3. The number of nitrogens with zero attached hydrogens (tertiary/aromatic N) is 1. The number of piperidine rings is 1. The zero-order valence-corrected chi connectivity index (χ0v) is 17.8. The lowest BCUT2D eigenvalue weighted by molar-refractivity contribution is 0.0937. The number of amides is 3. The van der Waals surface area contributed by atoms with Crippen LogP contribution >= 0.6 is 11.6 Å². The van der Waals surface area contributed by atoms with Gasteiger partial charge in [-0.05, 0) is 61.7 Å². The normalized spacial score (nSPS) is 13.6. The van der Waals surface area contributed by atoms with Crippen LogP contribution in [0.3, 0.4) is 0 Å². The smallest absolute Gasteiger partial charge is 0.323 e. The first-order valence-corrected chi connectivity index (χ1v) is 10.4. The summed E-state index contributed by atoms with van der Waals surface area (Å²) in [5.41, 5.74) is 2.59. The molecule has 2 aromatic carbocycles. The van der Waals surface area contributed by atoms with Crippen molar-refractivity contribution in [2.45, 2.75) is 19.3 Å². The highest BCUT2D eigenvalue weighted by Gasteiger charge is 2.19. The van der Waals surface area contributed by atoms with Crippen molar-refractivity contribution in [1.82, 2.24) is 5.32 Å². The van der Waals surface area contributed by atoms with E-state index in [4.69, 9.17) is 16.3 Å². The van der Waals surface area contributed by atoms with E-state index in [1.54, 1.807) is 37.4 Å². The highest BCUT2D eigenvalue weighted by atomic mass is 35.5. The zero-order chi connectivity index (χ0) is 21.3. The van der Waals surface area contributed by atoms with Gasteiger partial charge in [-0.25, -0.2) is 4.79 Å². The van der Waals surface area contributed by atoms with Crippen LogP contribution in [0.1, 0.15) is 29.6 Å². The van der Waals surface area contributed by atoms with Crippen LogP contribution in [0.2, 0.25) is 5.02 Å². The Morgan fingerprint density at radius 3 is 2.37 bits per heavy atom. The number of benzene rings is 2. The van der Waals surface area contributed by atoms with Gasteiger partial charge in [0.2, 0.25) is 0 Å². The molecule has 0 radical (unpaired) electrons. The van der Waals surface area contributed by atoms with E-state index in [0.29, 0.717) is 35.1 Å². The topological polar surface area (TPSA) is 82.7 Å². The SMILES string of the molecule is COCCNC(=O)c1cc(NC(=O)Nc2ccc(Cl)cc2)ccc1N1CCCCC1. The standard InChI is InChI=1S/C22H27ClN4O3/c1-30-14-11-24-21(28)19-15-18(9-10-20(19)27-12-3-2-4-13-27)26-22(29)25-17-7-5-16(23)6-8-17/h5-10,15H,2-4,11-14H2,1H3,(H,24,28)(H2,25,26,29). The molecular weight excluding hydrogens is 404 g/mol. The van der Waals surface area contributed by atoms with E-state index in [-0.39, 0.29) is 5.91 Å². The second kappa shape index (κ2) is 10.8. The molecule has 1 heterocycles. The summed E-state index contributed by atoms with van der Waals surface area (Å²) in [6.45, 7) is 2.69. The maximum absolute atomic E-state index is 12.8. The highest BCUT2D eigenvalue weighted by molar-refractivity contribution is 6.30. The molecule has 30 heavy (non-hydrogen) atoms. The van der Waals surface area contributed by atoms with Gasteiger partial charge in [0.05, 0.1) is 12.2 Å². The number of nitrogens with one attached hydrogen (secondary N) is 3. The van der Waals surface area contributed by atoms with Crippen LogP contribution in [-0.2, 0) is 4.74 Å². The average molecular weight is 431 g/mol. The quantitative estimate of drug-likeness (QED) is 0.570. The van der Waals surface area contributed by atoms with Gasteiger partial charge in [0.1, 0.15) is 0 Å². The molecule has 7 nitrogen and oxygen atoms in total. The number of ether oxygens (including phenoxy) is 1. The number of urea groups is 1. The number of rotatable bonds is 7. The Balaban J connectivity index is 1.75. The molecule has 1 aliphatic heterocycles. The largest absolute Gasteiger partial charge is 0.383 e. The van der Waals surface area contributed by atoms with Crippen LogP contribution in [0, 0.1) is 0 Å². The molecule has 0 aromatic heterocycles. The third-order valence-electron chi connectivity index (χ3n) is 4.89. The number of methoxy groups -OCH3 is 1. The Morgan fingerprint density at radius 2 is 1.67 bits per heavy atom. The predicted molar refractivity (Wildman–Crippen MR) is 121 cm³/mol. The molecule has 3 N–H and O–H groups in total. The number of hydrogen-bond donors (Lipinski definition) is 3. The highest BCUT2D eigenvalue weighted by Crippen LogP contribution is 2.27. The molecule has 0 unspecified atom stereocenters. The van der Waals surface area contributed by atoms with E-state index in [0.717, 1.165) is 31.6 Å². The van der Waals surface area contributed by atoms with Crippen molar-refractivity contribution < 1.29 is 14.3 Å². The van der Waals surface area contributed by atoms with E-state index in [1.807, 2.05) is 12.1 Å². The summed E-state index contributed by atoms with van der Waals surface area (Å²) in [5.74, 6) is -0.186. The molecule has 3 rings (SSSR count). The Bertz CT molecular complexity index is 867. The van der Waals surface area contributed by atoms with E-state index >= 15 is 0 Å². The van der Waals surface area contributed by atoms with E-state index < -0.39 is 6.03 Å². The van der Waals surface area contributed by atoms with Crippen molar-refractivity contribution in [2.24, 2.45) is 0 Å². The van der Waals surface area contributed by atoms with Gasteiger partial charge in [-0.2, -0.15) is 0 Å². The second-order valence-corrected chi connectivity index (χ2v) is 7.55. The zero-order valence-electron chi connectivity index (χ0n) is 17.0. The molecule has 0 atom stereocenters. The minimum atomic E-state index is -0.395. The van der Waals surface area contributed by atoms with Gasteiger partial charge >= 0.3 is 6.03 Å². The number of halogens is 1. The molecule has 0 bridgehead atoms. The van der Waals surface area contributed by atoms with Crippen molar-refractivity contribution in [3.63, 3.8) is 0 Å². The molecule has 3 amide bonds. The third-order valence-corrected chi connectivity index (χ3v) is 5.14. The molecule has 0 aliphatic carbocycles. The number of carbonyl (C=O) groups is 2. The van der Waals surface area contributed by atoms with Crippen LogP contribution in [0.15, 0.2) is 42.5 Å². The summed E-state index contributed by atoms with van der Waals surface area (Å²) in [6.07, 6.45) is 3.42. The summed E-state index contributed by atoms with van der Waals surface area (Å²) >= 11 is 5.87. The predicted octanol–water partition coefficient (Wildman–Crippen LogP) is 4.35. The first-order valence-electron chi connectivity index (χ1n) is 10.1. The minimum Gasteiger partial charge on any atom is -0.383 e. The fourth-order valence-corrected chi connectivity index (χ4v) is 3.52. The molecule has 1 aliphatic rings. The molecule has 2 aromatic rings. The Labute approximate surface area is 181 Å². The van der Waals surface area contributed by atoms with Gasteiger partial charge in [0, 0.05) is 48.8 Å². The molecular formula is C22H27ClN4O3. The molecule has 1 fully saturated rings. The fraction of sp³-hybridized carbons (Fsp3) is 0.364. The first kappa shape index (κ1) is 21.9. The van der Waals surface area contributed by atoms with E-state index in [9.17, 15) is 9.59 Å². The van der Waals surface area contributed by atoms with Gasteiger partial charge in [0.15, 0.2) is 0 Å². The maximum Gasteiger partial charge on any atom is 0.323 e. The summed E-state index contributed by atoms with van der Waals surface area (Å²) < 4.78 is 5.02. The third kappa shape index (κ3) is 6.11. The summed E-state index contributed by atoms with van der Waals surface area (Å²) in [4.78, 5) is 27.4. The summed E-state index contributed by atoms with van der Waals surface area (Å²) in [7, 11) is 1.59. The van der Waals surface area contributed by atoms with Gasteiger partial charge < -0.3 is 25.6 Å². The number of hydrogen-bond acceptors (Lipinski definition) is 4. The molecule has 160 valence electrons. The maximum atomic E-state index is 12.8. The van der Waals surface area contributed by atoms with Gasteiger partial charge in [-0.15, -0.1) is 0 Å². The van der Waals surface area contributed by atoms with Gasteiger partial charge in [-0.3, -0.25) is 4.79 Å². The molecule has 0 spiro atoms. The lowest BCUT2D eigenvalue weighted by atomic mass is 10.1. The Hall–Kier alpha value is -2.77. The van der Waals surface area contributed by atoms with Crippen molar-refractivity contribution in [1.29, 1.82) is 0 Å². The summed E-state index contributed by atoms with van der Waals surface area (Å²) in [6, 6.07) is 11.9. The van der Waals surface area contributed by atoms with Crippen molar-refractivity contribution in [3.05, 3.63) is 53.1 Å². The first-order chi connectivity index (χ1) is 14.6. The molecule has 0 saturated carbocycles. The van der Waals surface area contributed by atoms with Crippen molar-refractivity contribution in [2.75, 3.05) is 48.9 Å². The summed E-state index contributed by atoms with van der Waals surface area (Å²) in [5, 5.41) is 9.01. The van der Waals surface area contributed by atoms with Crippen LogP contribution in [-0.4, -0.2) is 45.3 Å². The van der Waals surface area contributed by atoms with Crippen LogP contribution < -0.4 is 20.9 Å². The van der Waals surface area contributed by atoms with Crippen molar-refractivity contribution in [3.8, 4) is 0 Å². The van der Waals surface area contributed by atoms with E-state index in [2.05, 4.69) is 20.9 Å². The lowest BCUT2D eigenvalue weighted by Gasteiger charge is -2.30. The fourth-order valence-electron chi connectivity index (χ4n) is 3.39. The van der Waals surface area contributed by atoms with Gasteiger partial charge in [-0.1, -0.05) is 11.6 Å². The second-order valence-electron chi connectivity index (χ2n) is 7.11. The number of carbonyl (C=O) groups excluding carboxylic acids is 2. The van der Waals surface area contributed by atoms with Crippen LogP contribution in [0.25, 0.3) is 0 Å². The van der Waals surface area contributed by atoms with Crippen LogP contribution in [0.4, 0.5) is 21.9 Å². The van der Waals surface area contributed by atoms with E-state index in [1.165, 1.54) is 6.42 Å². The van der Waals surface area contributed by atoms with Gasteiger partial charge in [0.25, 0.3) is 5.91 Å². The average Bonchev–Trinajstić information content (AvgIpc) is 2.76. The molecule has 8 heteroatoms. The van der Waals surface area contributed by atoms with Crippen molar-refractivity contribution >= 4 is 40.6 Å². The Morgan fingerprint density at radius 1 is 1.00 bits per heavy atom. The monoisotopic (exact) mass is 430 g/mol. The molecule has 1 saturated heterocycles. The lowest BCUT2D eigenvalue weighted by Crippen LogP contribution is -2.33.